The number of nitrogens with one attached hydrogen (secondary N) is 1. The molecule has 4 rings (SSSR count). The molecule has 0 fully saturated rings. The molecule has 1 aromatic carbocycles. The minimum atomic E-state index is -0.291. The predicted octanol–water partition coefficient (Wildman–Crippen LogP) is 1.89. The molecule has 3 aromatic rings. The van der Waals surface area contributed by atoms with Crippen LogP contribution < -0.4 is 10.2 Å². The smallest absolute Gasteiger partial charge is 0.275 e. The number of fused-ring (bicyclic) bond motifs is 2. The summed E-state index contributed by atoms with van der Waals surface area (Å²) in [6, 6.07) is 7.33. The maximum absolute atomic E-state index is 12.4. The number of carbonyl (C=O) groups excluding carboxylic acids is 2. The highest BCUT2D eigenvalue weighted by Gasteiger charge is 2.21. The largest absolute Gasteiger partial charge is 0.321 e. The number of rotatable bonds is 2. The maximum atomic E-state index is 12.4. The van der Waals surface area contributed by atoms with Crippen molar-refractivity contribution in [2.45, 2.75) is 12.8 Å². The molecule has 3 heterocycles. The average Bonchev–Trinajstić information content (AvgIpc) is 3.02. The highest BCUT2D eigenvalue weighted by Crippen LogP contribution is 2.29. The molecule has 2 amide bonds. The van der Waals surface area contributed by atoms with Gasteiger partial charge in [-0.1, -0.05) is 0 Å². The Morgan fingerprint density at radius 3 is 3.00 bits per heavy atom. The second kappa shape index (κ2) is 5.45. The highest BCUT2D eigenvalue weighted by molar-refractivity contribution is 6.03. The van der Waals surface area contributed by atoms with Gasteiger partial charge in [0.1, 0.15) is 5.69 Å². The Kier molecular flexibility index (Phi) is 3.26. The quantitative estimate of drug-likeness (QED) is 0.782. The Bertz CT molecular complexity index is 930. The Labute approximate surface area is 137 Å². The van der Waals surface area contributed by atoms with Crippen LogP contribution in [0.5, 0.6) is 0 Å². The van der Waals surface area contributed by atoms with E-state index < -0.39 is 0 Å². The lowest BCUT2D eigenvalue weighted by Gasteiger charge is -2.26. The lowest BCUT2D eigenvalue weighted by molar-refractivity contribution is -0.118. The van der Waals surface area contributed by atoms with Gasteiger partial charge in [-0.2, -0.15) is 0 Å². The first-order valence-electron chi connectivity index (χ1n) is 7.62. The first-order valence-corrected chi connectivity index (χ1v) is 7.62. The summed E-state index contributed by atoms with van der Waals surface area (Å²) in [6.07, 6.45) is 6.23. The Morgan fingerprint density at radius 1 is 1.29 bits per heavy atom. The molecule has 1 aliphatic heterocycles. The molecule has 0 bridgehead atoms. The third kappa shape index (κ3) is 2.40. The molecule has 0 saturated heterocycles. The second-order valence-electron chi connectivity index (χ2n) is 5.70. The van der Waals surface area contributed by atoms with Crippen molar-refractivity contribution in [3.8, 4) is 0 Å². The van der Waals surface area contributed by atoms with E-state index in [0.717, 1.165) is 11.3 Å². The van der Waals surface area contributed by atoms with Crippen LogP contribution in [0.3, 0.4) is 0 Å². The summed E-state index contributed by atoms with van der Waals surface area (Å²) in [5.74, 6) is 0.297. The molecule has 7 heteroatoms. The van der Waals surface area contributed by atoms with Gasteiger partial charge in [-0.15, -0.1) is 0 Å². The van der Waals surface area contributed by atoms with Crippen LogP contribution in [0.1, 0.15) is 22.5 Å². The monoisotopic (exact) mass is 321 g/mol. The highest BCUT2D eigenvalue weighted by atomic mass is 16.2. The number of nitrogens with zero attached hydrogens (tertiary/aromatic N) is 4. The fourth-order valence-corrected chi connectivity index (χ4v) is 2.87. The van der Waals surface area contributed by atoms with Gasteiger partial charge in [-0.05, 0) is 36.2 Å². The van der Waals surface area contributed by atoms with E-state index in [2.05, 4.69) is 15.3 Å². The van der Waals surface area contributed by atoms with Crippen LogP contribution in [0, 0.1) is 0 Å². The van der Waals surface area contributed by atoms with Crippen molar-refractivity contribution in [2.75, 3.05) is 17.3 Å². The fraction of sp³-hybridized carbons (Fsp3) is 0.176. The van der Waals surface area contributed by atoms with Crippen LogP contribution in [0.4, 0.5) is 11.4 Å². The molecule has 0 spiro atoms. The average molecular weight is 321 g/mol. The minimum absolute atomic E-state index is 0.108. The first-order chi connectivity index (χ1) is 11.6. The van der Waals surface area contributed by atoms with Crippen molar-refractivity contribution in [1.29, 1.82) is 0 Å². The van der Waals surface area contributed by atoms with Gasteiger partial charge in [0.2, 0.25) is 11.7 Å². The predicted molar refractivity (Wildman–Crippen MR) is 89.1 cm³/mol. The maximum Gasteiger partial charge on any atom is 0.275 e. The lowest BCUT2D eigenvalue weighted by Crippen LogP contribution is -2.31. The van der Waals surface area contributed by atoms with Gasteiger partial charge in [0, 0.05) is 43.4 Å². The molecule has 7 nitrogen and oxygen atoms in total. The Morgan fingerprint density at radius 2 is 2.17 bits per heavy atom. The zero-order chi connectivity index (χ0) is 16.7. The number of aromatic nitrogens is 3. The molecule has 0 atom stereocenters. The van der Waals surface area contributed by atoms with Crippen molar-refractivity contribution in [2.24, 2.45) is 0 Å². The van der Waals surface area contributed by atoms with E-state index in [9.17, 15) is 9.59 Å². The fourth-order valence-electron chi connectivity index (χ4n) is 2.87. The van der Waals surface area contributed by atoms with Crippen molar-refractivity contribution < 1.29 is 9.59 Å². The van der Waals surface area contributed by atoms with Gasteiger partial charge >= 0.3 is 0 Å². The number of hydrogen-bond acceptors (Lipinski definition) is 4. The number of amides is 2. The van der Waals surface area contributed by atoms with Gasteiger partial charge in [0.05, 0.1) is 0 Å². The zero-order valence-electron chi connectivity index (χ0n) is 13.1. The van der Waals surface area contributed by atoms with Crippen molar-refractivity contribution in [3.05, 3.63) is 54.1 Å². The molecule has 0 unspecified atom stereocenters. The molecule has 1 aliphatic rings. The van der Waals surface area contributed by atoms with Gasteiger partial charge < -0.3 is 10.2 Å². The third-order valence-electron chi connectivity index (χ3n) is 4.15. The van der Waals surface area contributed by atoms with Crippen LogP contribution in [-0.2, 0) is 11.2 Å². The van der Waals surface area contributed by atoms with Gasteiger partial charge in [0.25, 0.3) is 5.91 Å². The van der Waals surface area contributed by atoms with E-state index in [0.29, 0.717) is 30.0 Å². The van der Waals surface area contributed by atoms with Crippen molar-refractivity contribution >= 4 is 29.0 Å². The van der Waals surface area contributed by atoms with E-state index in [-0.39, 0.29) is 11.8 Å². The minimum Gasteiger partial charge on any atom is -0.321 e. The molecule has 2 aromatic heterocycles. The lowest BCUT2D eigenvalue weighted by atomic mass is 10.0. The summed E-state index contributed by atoms with van der Waals surface area (Å²) in [6.45, 7) is 0. The number of anilines is 2. The van der Waals surface area contributed by atoms with Gasteiger partial charge in [0.15, 0.2) is 0 Å². The van der Waals surface area contributed by atoms with Gasteiger partial charge in [-0.3, -0.25) is 14.0 Å². The standard InChI is InChI=1S/C17H15N5O2/c1-21-14-5-4-12(9-11(14)3-6-15(21)23)19-16(24)13-10-22-8-2-7-18-17(22)20-13/h2,4-5,7-10H,3,6H2,1H3,(H,19,24). The molecule has 120 valence electrons. The summed E-state index contributed by atoms with van der Waals surface area (Å²) in [7, 11) is 1.77. The van der Waals surface area contributed by atoms with E-state index in [4.69, 9.17) is 0 Å². The number of aryl methyl sites for hydroxylation is 1. The number of carbonyl (C=O) groups is 2. The molecule has 24 heavy (non-hydrogen) atoms. The SMILES string of the molecule is CN1C(=O)CCc2cc(NC(=O)c3cn4cccnc4n3)ccc21. The molecule has 0 radical (unpaired) electrons. The summed E-state index contributed by atoms with van der Waals surface area (Å²) >= 11 is 0. The van der Waals surface area contributed by atoms with Crippen LogP contribution >= 0.6 is 0 Å². The van der Waals surface area contributed by atoms with E-state index in [1.165, 1.54) is 0 Å². The van der Waals surface area contributed by atoms with E-state index >= 15 is 0 Å². The second-order valence-corrected chi connectivity index (χ2v) is 5.70. The third-order valence-corrected chi connectivity index (χ3v) is 4.15. The molecule has 0 saturated carbocycles. The molecule has 1 N–H and O–H groups in total. The van der Waals surface area contributed by atoms with Crippen LogP contribution in [0.25, 0.3) is 5.78 Å². The molecular formula is C17H15N5O2. The summed E-state index contributed by atoms with van der Waals surface area (Å²) < 4.78 is 1.70. The molecular weight excluding hydrogens is 306 g/mol. The van der Waals surface area contributed by atoms with Crippen molar-refractivity contribution in [1.82, 2.24) is 14.4 Å². The van der Waals surface area contributed by atoms with Crippen LogP contribution in [0.15, 0.2) is 42.9 Å². The first kappa shape index (κ1) is 14.4. The Hall–Kier alpha value is -3.22. The summed E-state index contributed by atoms with van der Waals surface area (Å²) in [5.41, 5.74) is 2.93. The number of imidazole rings is 1. The number of benzene rings is 1. The van der Waals surface area contributed by atoms with Crippen molar-refractivity contribution in [3.63, 3.8) is 0 Å². The van der Waals surface area contributed by atoms with E-state index in [1.54, 1.807) is 47.1 Å². The number of hydrogen-bond donors (Lipinski definition) is 1. The van der Waals surface area contributed by atoms with Gasteiger partial charge in [-0.25, -0.2) is 9.97 Å². The van der Waals surface area contributed by atoms with Crippen LogP contribution in [-0.4, -0.2) is 33.2 Å². The summed E-state index contributed by atoms with van der Waals surface area (Å²) in [4.78, 5) is 34.1. The normalized spacial score (nSPS) is 13.9. The van der Waals surface area contributed by atoms with Crippen LogP contribution in [0.2, 0.25) is 0 Å². The Balaban J connectivity index is 1.59. The topological polar surface area (TPSA) is 79.6 Å². The molecule has 0 aliphatic carbocycles. The van der Waals surface area contributed by atoms with E-state index in [1.807, 2.05) is 12.1 Å². The summed E-state index contributed by atoms with van der Waals surface area (Å²) in [5, 5.41) is 2.85. The zero-order valence-corrected chi connectivity index (χ0v) is 13.1.